The van der Waals surface area contributed by atoms with E-state index in [-0.39, 0.29) is 5.97 Å². The van der Waals surface area contributed by atoms with Crippen molar-refractivity contribution < 1.29 is 9.53 Å². The molecule has 0 aliphatic carbocycles. The molecule has 0 unspecified atom stereocenters. The highest BCUT2D eigenvalue weighted by Gasteiger charge is 2.52. The van der Waals surface area contributed by atoms with Crippen molar-refractivity contribution in [2.75, 3.05) is 13.1 Å². The lowest BCUT2D eigenvalue weighted by Crippen LogP contribution is -2.64. The number of likely N-dealkylation sites (tertiary alicyclic amines) is 1. The number of halogens is 1. The number of nitrogens with zero attached hydrogens (tertiary/aromatic N) is 1. The summed E-state index contributed by atoms with van der Waals surface area (Å²) in [5, 5.41) is 0.641. The third-order valence-electron chi connectivity index (χ3n) is 4.40. The average molecular weight is 358 g/mol. The molecule has 1 saturated heterocycles. The monoisotopic (exact) mass is 357 g/mol. The lowest BCUT2D eigenvalue weighted by Gasteiger charge is -2.49. The van der Waals surface area contributed by atoms with Gasteiger partial charge in [0.15, 0.2) is 0 Å². The van der Waals surface area contributed by atoms with Crippen LogP contribution in [0.5, 0.6) is 0 Å². The SMILES string of the molecule is CC(C)(C)OC(=O)C1(c2cccc(Cl)c2)CN(Cc2ccccc2)C1. The zero-order valence-corrected chi connectivity index (χ0v) is 15.7. The average Bonchev–Trinajstić information content (AvgIpc) is 2.49. The van der Waals surface area contributed by atoms with Crippen molar-refractivity contribution in [3.8, 4) is 0 Å². The van der Waals surface area contributed by atoms with Crippen molar-refractivity contribution in [2.24, 2.45) is 0 Å². The lowest BCUT2D eigenvalue weighted by molar-refractivity contribution is -0.170. The zero-order chi connectivity index (χ0) is 18.1. The van der Waals surface area contributed by atoms with E-state index in [1.165, 1.54) is 5.56 Å². The van der Waals surface area contributed by atoms with Crippen molar-refractivity contribution >= 4 is 17.6 Å². The largest absolute Gasteiger partial charge is 0.459 e. The van der Waals surface area contributed by atoms with Gasteiger partial charge in [-0.1, -0.05) is 54.1 Å². The van der Waals surface area contributed by atoms with Gasteiger partial charge >= 0.3 is 5.97 Å². The van der Waals surface area contributed by atoms with Crippen LogP contribution in [0.1, 0.15) is 31.9 Å². The van der Waals surface area contributed by atoms with E-state index in [0.29, 0.717) is 18.1 Å². The Morgan fingerprint density at radius 3 is 2.40 bits per heavy atom. The molecule has 0 amide bonds. The molecule has 132 valence electrons. The smallest absolute Gasteiger partial charge is 0.319 e. The van der Waals surface area contributed by atoms with E-state index in [2.05, 4.69) is 17.0 Å². The van der Waals surface area contributed by atoms with Gasteiger partial charge in [0.2, 0.25) is 0 Å². The predicted molar refractivity (Wildman–Crippen MR) is 101 cm³/mol. The van der Waals surface area contributed by atoms with Crippen LogP contribution in [0.2, 0.25) is 5.02 Å². The molecule has 4 heteroatoms. The summed E-state index contributed by atoms with van der Waals surface area (Å²) in [5.74, 6) is -0.174. The second-order valence-electron chi connectivity index (χ2n) is 7.73. The maximum atomic E-state index is 13.0. The standard InChI is InChI=1S/C21H24ClNO2/c1-20(2,3)25-19(24)21(17-10-7-11-18(22)12-17)14-23(15-21)13-16-8-5-4-6-9-16/h4-12H,13-15H2,1-3H3. The summed E-state index contributed by atoms with van der Waals surface area (Å²) in [6.45, 7) is 7.80. The zero-order valence-electron chi connectivity index (χ0n) is 15.0. The summed E-state index contributed by atoms with van der Waals surface area (Å²) in [4.78, 5) is 15.2. The van der Waals surface area contributed by atoms with Gasteiger partial charge in [-0.3, -0.25) is 9.69 Å². The van der Waals surface area contributed by atoms with E-state index < -0.39 is 11.0 Å². The van der Waals surface area contributed by atoms with Crippen LogP contribution in [0.3, 0.4) is 0 Å². The molecular weight excluding hydrogens is 334 g/mol. The number of rotatable bonds is 4. The van der Waals surface area contributed by atoms with E-state index in [0.717, 1.165) is 12.1 Å². The van der Waals surface area contributed by atoms with E-state index in [9.17, 15) is 4.79 Å². The topological polar surface area (TPSA) is 29.5 Å². The van der Waals surface area contributed by atoms with Crippen LogP contribution >= 0.6 is 11.6 Å². The Morgan fingerprint density at radius 1 is 1.12 bits per heavy atom. The highest BCUT2D eigenvalue weighted by atomic mass is 35.5. The minimum absolute atomic E-state index is 0.174. The van der Waals surface area contributed by atoms with E-state index in [1.54, 1.807) is 0 Å². The highest BCUT2D eigenvalue weighted by molar-refractivity contribution is 6.30. The normalized spacial score (nSPS) is 17.0. The van der Waals surface area contributed by atoms with Gasteiger partial charge in [-0.2, -0.15) is 0 Å². The molecule has 0 N–H and O–H groups in total. The van der Waals surface area contributed by atoms with Gasteiger partial charge in [0.1, 0.15) is 11.0 Å². The molecule has 0 aromatic heterocycles. The molecule has 2 aromatic carbocycles. The minimum atomic E-state index is -0.646. The summed E-state index contributed by atoms with van der Waals surface area (Å²) in [7, 11) is 0. The molecule has 1 fully saturated rings. The first-order valence-corrected chi connectivity index (χ1v) is 8.92. The summed E-state index contributed by atoms with van der Waals surface area (Å²) in [5.41, 5.74) is 1.01. The minimum Gasteiger partial charge on any atom is -0.459 e. The van der Waals surface area contributed by atoms with Crippen LogP contribution < -0.4 is 0 Å². The lowest BCUT2D eigenvalue weighted by atomic mass is 9.73. The molecule has 3 nitrogen and oxygen atoms in total. The van der Waals surface area contributed by atoms with Crippen molar-refractivity contribution in [1.82, 2.24) is 4.90 Å². The van der Waals surface area contributed by atoms with Crippen molar-refractivity contribution in [3.05, 3.63) is 70.7 Å². The molecule has 25 heavy (non-hydrogen) atoms. The van der Waals surface area contributed by atoms with Crippen LogP contribution in [0, 0.1) is 0 Å². The first-order chi connectivity index (χ1) is 11.8. The summed E-state index contributed by atoms with van der Waals surface area (Å²) in [6.07, 6.45) is 0. The van der Waals surface area contributed by atoms with E-state index in [1.807, 2.05) is 63.2 Å². The number of hydrogen-bond donors (Lipinski definition) is 0. The number of carbonyl (C=O) groups is 1. The Labute approximate surface area is 154 Å². The van der Waals surface area contributed by atoms with E-state index in [4.69, 9.17) is 16.3 Å². The first-order valence-electron chi connectivity index (χ1n) is 8.54. The van der Waals surface area contributed by atoms with Gasteiger partial charge in [0, 0.05) is 24.7 Å². The highest BCUT2D eigenvalue weighted by Crippen LogP contribution is 2.38. The molecule has 2 aromatic rings. The van der Waals surface area contributed by atoms with Gasteiger partial charge in [-0.25, -0.2) is 0 Å². The molecule has 1 aliphatic rings. The second-order valence-corrected chi connectivity index (χ2v) is 8.16. The number of hydrogen-bond acceptors (Lipinski definition) is 3. The molecule has 0 spiro atoms. The second kappa shape index (κ2) is 6.81. The molecule has 0 bridgehead atoms. The van der Waals surface area contributed by atoms with Crippen LogP contribution in [0.25, 0.3) is 0 Å². The predicted octanol–water partition coefficient (Wildman–Crippen LogP) is 4.44. The number of ether oxygens (including phenoxy) is 1. The first kappa shape index (κ1) is 18.0. The Kier molecular flexibility index (Phi) is 4.90. The van der Waals surface area contributed by atoms with Crippen LogP contribution in [0.4, 0.5) is 0 Å². The molecular formula is C21H24ClNO2. The van der Waals surface area contributed by atoms with Crippen molar-refractivity contribution in [3.63, 3.8) is 0 Å². The summed E-state index contributed by atoms with van der Waals surface area (Å²) < 4.78 is 5.73. The van der Waals surface area contributed by atoms with Gasteiger partial charge in [0.25, 0.3) is 0 Å². The fraction of sp³-hybridized carbons (Fsp3) is 0.381. The van der Waals surface area contributed by atoms with Crippen LogP contribution in [0.15, 0.2) is 54.6 Å². The third-order valence-corrected chi connectivity index (χ3v) is 4.64. The van der Waals surface area contributed by atoms with Gasteiger partial charge in [-0.15, -0.1) is 0 Å². The quantitative estimate of drug-likeness (QED) is 0.758. The molecule has 0 radical (unpaired) electrons. The number of esters is 1. The molecule has 3 rings (SSSR count). The van der Waals surface area contributed by atoms with Crippen molar-refractivity contribution in [1.29, 1.82) is 0 Å². The van der Waals surface area contributed by atoms with Gasteiger partial charge < -0.3 is 4.74 Å². The maximum absolute atomic E-state index is 13.0. The molecule has 1 aliphatic heterocycles. The fourth-order valence-electron chi connectivity index (χ4n) is 3.26. The Morgan fingerprint density at radius 2 is 1.80 bits per heavy atom. The third kappa shape index (κ3) is 4.05. The van der Waals surface area contributed by atoms with E-state index >= 15 is 0 Å². The van der Waals surface area contributed by atoms with Crippen LogP contribution in [-0.2, 0) is 21.5 Å². The molecule has 0 atom stereocenters. The Bertz CT molecular complexity index is 746. The molecule has 1 heterocycles. The van der Waals surface area contributed by atoms with Crippen molar-refractivity contribution in [2.45, 2.75) is 38.3 Å². The number of carbonyl (C=O) groups excluding carboxylic acids is 1. The van der Waals surface area contributed by atoms with Crippen LogP contribution in [-0.4, -0.2) is 29.6 Å². The summed E-state index contributed by atoms with van der Waals surface area (Å²) in [6, 6.07) is 17.9. The fourth-order valence-corrected chi connectivity index (χ4v) is 3.45. The summed E-state index contributed by atoms with van der Waals surface area (Å²) >= 11 is 6.17. The molecule has 0 saturated carbocycles. The van der Waals surface area contributed by atoms with Gasteiger partial charge in [-0.05, 0) is 44.0 Å². The Hall–Kier alpha value is -1.84. The number of benzene rings is 2. The maximum Gasteiger partial charge on any atom is 0.319 e. The van der Waals surface area contributed by atoms with Gasteiger partial charge in [0.05, 0.1) is 0 Å². The Balaban J connectivity index is 1.82.